The van der Waals surface area contributed by atoms with Gasteiger partial charge in [-0.3, -0.25) is 4.79 Å². The Morgan fingerprint density at radius 1 is 1.29 bits per heavy atom. The van der Waals surface area contributed by atoms with E-state index in [4.69, 9.17) is 0 Å². The van der Waals surface area contributed by atoms with Crippen molar-refractivity contribution in [3.8, 4) is 0 Å². The van der Waals surface area contributed by atoms with Gasteiger partial charge in [-0.05, 0) is 34.6 Å². The van der Waals surface area contributed by atoms with Gasteiger partial charge in [-0.2, -0.15) is 4.31 Å². The summed E-state index contributed by atoms with van der Waals surface area (Å²) in [5.74, 6) is -0.127. The second-order valence-corrected chi connectivity index (χ2v) is 7.38. The third-order valence-corrected chi connectivity index (χ3v) is 3.67. The molecular formula is C11H24N2O3S. The molecule has 0 aliphatic heterocycles. The van der Waals surface area contributed by atoms with E-state index in [1.165, 1.54) is 10.6 Å². The lowest BCUT2D eigenvalue weighted by Crippen LogP contribution is -2.46. The Morgan fingerprint density at radius 3 is 2.06 bits per heavy atom. The van der Waals surface area contributed by atoms with Crippen molar-refractivity contribution < 1.29 is 13.2 Å². The van der Waals surface area contributed by atoms with Gasteiger partial charge in [-0.15, -0.1) is 0 Å². The van der Waals surface area contributed by atoms with Gasteiger partial charge in [0, 0.05) is 24.5 Å². The lowest BCUT2D eigenvalue weighted by atomic mass is 10.1. The summed E-state index contributed by atoms with van der Waals surface area (Å²) in [7, 11) is -3.29. The summed E-state index contributed by atoms with van der Waals surface area (Å²) in [6.45, 7) is 9.39. The average Bonchev–Trinajstić information content (AvgIpc) is 1.96. The summed E-state index contributed by atoms with van der Waals surface area (Å²) < 4.78 is 24.6. The smallest absolute Gasteiger partial charge is 0.221 e. The molecule has 0 radical (unpaired) electrons. The molecule has 0 spiro atoms. The molecule has 1 amide bonds. The minimum absolute atomic E-state index is 0.0730. The lowest BCUT2D eigenvalue weighted by Gasteiger charge is -2.33. The molecule has 0 aromatic carbocycles. The molecule has 0 aromatic rings. The number of amides is 1. The Kier molecular flexibility index (Phi) is 5.61. The number of hydrogen-bond acceptors (Lipinski definition) is 3. The van der Waals surface area contributed by atoms with Gasteiger partial charge in [0.05, 0.1) is 6.26 Å². The average molecular weight is 264 g/mol. The van der Waals surface area contributed by atoms with Crippen LogP contribution in [-0.2, 0) is 14.8 Å². The summed E-state index contributed by atoms with van der Waals surface area (Å²) in [6.07, 6.45) is 1.35. The molecule has 1 N–H and O–H groups in total. The van der Waals surface area contributed by atoms with Crippen LogP contribution in [0.4, 0.5) is 0 Å². The summed E-state index contributed by atoms with van der Waals surface area (Å²) in [5.41, 5.74) is -0.508. The third kappa shape index (κ3) is 6.63. The standard InChI is InChI=1S/C11H24N2O3S/c1-9(2)12-10(14)7-8-13(11(3,4)5)17(6,15)16/h9H,7-8H2,1-6H3,(H,12,14). The summed E-state index contributed by atoms with van der Waals surface area (Å²) in [5, 5.41) is 2.74. The molecule has 6 heteroatoms. The number of nitrogens with one attached hydrogen (secondary N) is 1. The van der Waals surface area contributed by atoms with Crippen LogP contribution in [0, 0.1) is 0 Å². The van der Waals surface area contributed by atoms with Crippen molar-refractivity contribution >= 4 is 15.9 Å². The highest BCUT2D eigenvalue weighted by Crippen LogP contribution is 2.17. The van der Waals surface area contributed by atoms with Crippen molar-refractivity contribution in [1.82, 2.24) is 9.62 Å². The van der Waals surface area contributed by atoms with Crippen LogP contribution in [-0.4, -0.2) is 43.0 Å². The highest BCUT2D eigenvalue weighted by molar-refractivity contribution is 7.88. The molecule has 102 valence electrons. The quantitative estimate of drug-likeness (QED) is 0.804. The molecule has 0 atom stereocenters. The van der Waals surface area contributed by atoms with Crippen LogP contribution in [0.1, 0.15) is 41.0 Å². The van der Waals surface area contributed by atoms with E-state index in [2.05, 4.69) is 5.32 Å². The molecule has 0 aliphatic carbocycles. The van der Waals surface area contributed by atoms with Gasteiger partial charge in [0.15, 0.2) is 0 Å². The minimum atomic E-state index is -3.29. The van der Waals surface area contributed by atoms with E-state index >= 15 is 0 Å². The summed E-state index contributed by atoms with van der Waals surface area (Å²) in [6, 6.07) is 0.0730. The van der Waals surface area contributed by atoms with Gasteiger partial charge in [-0.25, -0.2) is 8.42 Å². The predicted octanol–water partition coefficient (Wildman–Crippen LogP) is 0.961. The molecule has 0 aliphatic rings. The van der Waals surface area contributed by atoms with Crippen molar-refractivity contribution in [2.45, 2.75) is 52.6 Å². The first-order valence-electron chi connectivity index (χ1n) is 5.72. The van der Waals surface area contributed by atoms with E-state index in [9.17, 15) is 13.2 Å². The molecule has 0 aromatic heterocycles. The molecule has 0 fully saturated rings. The van der Waals surface area contributed by atoms with Crippen molar-refractivity contribution in [3.63, 3.8) is 0 Å². The largest absolute Gasteiger partial charge is 0.354 e. The minimum Gasteiger partial charge on any atom is -0.354 e. The van der Waals surface area contributed by atoms with Crippen molar-refractivity contribution in [2.75, 3.05) is 12.8 Å². The molecule has 0 saturated heterocycles. The topological polar surface area (TPSA) is 66.5 Å². The second kappa shape index (κ2) is 5.82. The van der Waals surface area contributed by atoms with Gasteiger partial charge in [0.25, 0.3) is 0 Å². The predicted molar refractivity (Wildman–Crippen MR) is 69.2 cm³/mol. The first-order chi connectivity index (χ1) is 7.44. The Labute approximate surface area is 105 Å². The highest BCUT2D eigenvalue weighted by atomic mass is 32.2. The van der Waals surface area contributed by atoms with Gasteiger partial charge in [-0.1, -0.05) is 0 Å². The molecule has 0 unspecified atom stereocenters. The Hall–Kier alpha value is -0.620. The van der Waals surface area contributed by atoms with Crippen LogP contribution in [0.2, 0.25) is 0 Å². The van der Waals surface area contributed by atoms with Crippen LogP contribution < -0.4 is 5.32 Å². The maximum Gasteiger partial charge on any atom is 0.221 e. The molecule has 17 heavy (non-hydrogen) atoms. The Bertz CT molecular complexity index is 355. The normalized spacial score (nSPS) is 13.2. The van der Waals surface area contributed by atoms with Crippen LogP contribution in [0.25, 0.3) is 0 Å². The molecule has 0 bridgehead atoms. The van der Waals surface area contributed by atoms with E-state index in [0.717, 1.165) is 0 Å². The fourth-order valence-corrected chi connectivity index (χ4v) is 3.01. The van der Waals surface area contributed by atoms with Crippen LogP contribution in [0.3, 0.4) is 0 Å². The molecule has 0 saturated carbocycles. The maximum absolute atomic E-state index is 11.6. The van der Waals surface area contributed by atoms with E-state index in [1.54, 1.807) is 0 Å². The number of sulfonamides is 1. The number of carbonyl (C=O) groups excluding carboxylic acids is 1. The first kappa shape index (κ1) is 16.4. The van der Waals surface area contributed by atoms with E-state index < -0.39 is 15.6 Å². The van der Waals surface area contributed by atoms with Gasteiger partial charge in [0.2, 0.25) is 15.9 Å². The molecule has 0 heterocycles. The Balaban J connectivity index is 4.55. The number of carbonyl (C=O) groups is 1. The number of nitrogens with zero attached hydrogens (tertiary/aromatic N) is 1. The SMILES string of the molecule is CC(C)NC(=O)CCN(C(C)(C)C)S(C)(=O)=O. The number of rotatable bonds is 5. The van der Waals surface area contributed by atoms with Crippen LogP contribution in [0.15, 0.2) is 0 Å². The van der Waals surface area contributed by atoms with E-state index in [-0.39, 0.29) is 24.9 Å². The second-order valence-electron chi connectivity index (χ2n) is 5.48. The summed E-state index contributed by atoms with van der Waals surface area (Å²) >= 11 is 0. The lowest BCUT2D eigenvalue weighted by molar-refractivity contribution is -0.121. The van der Waals surface area contributed by atoms with Crippen LogP contribution >= 0.6 is 0 Å². The van der Waals surface area contributed by atoms with E-state index in [1.807, 2.05) is 34.6 Å². The van der Waals surface area contributed by atoms with Crippen molar-refractivity contribution in [2.24, 2.45) is 0 Å². The highest BCUT2D eigenvalue weighted by Gasteiger charge is 2.29. The monoisotopic (exact) mass is 264 g/mol. The fourth-order valence-electron chi connectivity index (χ4n) is 1.60. The zero-order chi connectivity index (χ0) is 13.9. The van der Waals surface area contributed by atoms with Gasteiger partial charge in [0.1, 0.15) is 0 Å². The van der Waals surface area contributed by atoms with Crippen molar-refractivity contribution in [1.29, 1.82) is 0 Å². The zero-order valence-electron chi connectivity index (χ0n) is 11.6. The van der Waals surface area contributed by atoms with E-state index in [0.29, 0.717) is 0 Å². The Morgan fingerprint density at radius 2 is 1.76 bits per heavy atom. The molecule has 5 nitrogen and oxygen atoms in total. The van der Waals surface area contributed by atoms with Gasteiger partial charge >= 0.3 is 0 Å². The van der Waals surface area contributed by atoms with Crippen molar-refractivity contribution in [3.05, 3.63) is 0 Å². The fraction of sp³-hybridized carbons (Fsp3) is 0.909. The van der Waals surface area contributed by atoms with Gasteiger partial charge < -0.3 is 5.32 Å². The molecule has 0 rings (SSSR count). The third-order valence-electron chi connectivity index (χ3n) is 2.14. The summed E-state index contributed by atoms with van der Waals surface area (Å²) in [4.78, 5) is 11.5. The first-order valence-corrected chi connectivity index (χ1v) is 7.56. The van der Waals surface area contributed by atoms with Crippen LogP contribution in [0.5, 0.6) is 0 Å². The molecular weight excluding hydrogens is 240 g/mol. The maximum atomic E-state index is 11.6. The zero-order valence-corrected chi connectivity index (χ0v) is 12.4. The number of hydrogen-bond donors (Lipinski definition) is 1.